The molecule has 0 aliphatic carbocycles. The summed E-state index contributed by atoms with van der Waals surface area (Å²) < 4.78 is 25.9. The van der Waals surface area contributed by atoms with Gasteiger partial charge in [0, 0.05) is 17.3 Å². The number of hydrogen-bond donors (Lipinski definition) is 2. The number of phenolic OH excluding ortho intramolecular Hbond substituents is 1. The largest absolute Gasteiger partial charge is 0.506 e. The number of sulfone groups is 1. The van der Waals surface area contributed by atoms with E-state index in [1.807, 2.05) is 0 Å². The smallest absolute Gasteiger partial charge is 0.250 e. The number of rotatable bonds is 2. The summed E-state index contributed by atoms with van der Waals surface area (Å²) in [5, 5.41) is 10.8. The lowest BCUT2D eigenvalue weighted by molar-refractivity contribution is -0.118. The van der Waals surface area contributed by atoms with Crippen LogP contribution in [0.15, 0.2) is 40.4 Å². The maximum Gasteiger partial charge on any atom is 0.250 e. The minimum atomic E-state index is -4.08. The molecule has 0 bridgehead atoms. The zero-order valence-corrected chi connectivity index (χ0v) is 13.5. The van der Waals surface area contributed by atoms with Gasteiger partial charge in [-0.25, -0.2) is 13.4 Å². The lowest BCUT2D eigenvalue weighted by Crippen LogP contribution is -2.49. The van der Waals surface area contributed by atoms with Crippen LogP contribution in [0, 0.1) is 0 Å². The first-order valence-electron chi connectivity index (χ1n) is 6.53. The number of carbonyl (C=O) groups is 1. The van der Waals surface area contributed by atoms with Crippen LogP contribution in [0.2, 0.25) is 0 Å². The molecular formula is C14H11N3O4S2. The fourth-order valence-corrected chi connectivity index (χ4v) is 4.55. The molecule has 2 heterocycles. The lowest BCUT2D eigenvalue weighted by atomic mass is 10.2. The molecule has 0 fully saturated rings. The van der Waals surface area contributed by atoms with Crippen LogP contribution in [0.25, 0.3) is 10.9 Å². The van der Waals surface area contributed by atoms with Gasteiger partial charge in [0.1, 0.15) is 11.3 Å². The van der Waals surface area contributed by atoms with Gasteiger partial charge < -0.3 is 5.11 Å². The van der Waals surface area contributed by atoms with E-state index in [-0.39, 0.29) is 32.4 Å². The molecule has 0 saturated heterocycles. The number of fused-ring (bicyclic) bond motifs is 1. The zero-order valence-electron chi connectivity index (χ0n) is 11.8. The van der Waals surface area contributed by atoms with E-state index in [2.05, 4.69) is 15.3 Å². The highest BCUT2D eigenvalue weighted by Crippen LogP contribution is 2.31. The molecule has 7 nitrogen and oxygen atoms in total. The van der Waals surface area contributed by atoms with Crippen molar-refractivity contribution in [1.82, 2.24) is 10.3 Å². The zero-order chi connectivity index (χ0) is 16.8. The summed E-state index contributed by atoms with van der Waals surface area (Å²) in [4.78, 5) is 19.9. The first kappa shape index (κ1) is 15.5. The molecule has 1 aromatic heterocycles. The number of aromatic hydroxyl groups is 1. The summed E-state index contributed by atoms with van der Waals surface area (Å²) in [6.07, 6.45) is 1.44. The van der Waals surface area contributed by atoms with Crippen LogP contribution in [0.1, 0.15) is 6.92 Å². The average Bonchev–Trinajstić information content (AvgIpc) is 2.46. The van der Waals surface area contributed by atoms with Crippen molar-refractivity contribution in [2.75, 3.05) is 0 Å². The number of benzene rings is 1. The fourth-order valence-electron chi connectivity index (χ4n) is 2.48. The number of carbonyl (C=O) groups excluding carboxylic acids is 1. The monoisotopic (exact) mass is 349 g/mol. The summed E-state index contributed by atoms with van der Waals surface area (Å²) in [6.45, 7) is 1.44. The van der Waals surface area contributed by atoms with Gasteiger partial charge in [0.25, 0.3) is 5.91 Å². The second kappa shape index (κ2) is 5.36. The molecule has 1 aromatic carbocycles. The number of thiocarbonyl (C=S) groups is 1. The van der Waals surface area contributed by atoms with E-state index in [9.17, 15) is 18.3 Å². The predicted octanol–water partition coefficient (Wildman–Crippen LogP) is 0.958. The van der Waals surface area contributed by atoms with Crippen LogP contribution in [0.4, 0.5) is 0 Å². The molecule has 9 heteroatoms. The lowest BCUT2D eigenvalue weighted by Gasteiger charge is -2.21. The van der Waals surface area contributed by atoms with Crippen LogP contribution in [0.5, 0.6) is 5.75 Å². The van der Waals surface area contributed by atoms with E-state index in [1.165, 1.54) is 31.3 Å². The maximum atomic E-state index is 12.9. The molecule has 1 aliphatic heterocycles. The number of pyridine rings is 1. The van der Waals surface area contributed by atoms with Crippen LogP contribution in [-0.4, -0.2) is 40.5 Å². The van der Waals surface area contributed by atoms with Crippen molar-refractivity contribution in [3.63, 3.8) is 0 Å². The molecule has 0 spiro atoms. The highest BCUT2D eigenvalue weighted by molar-refractivity contribution is 7.94. The van der Waals surface area contributed by atoms with Gasteiger partial charge in [-0.2, -0.15) is 0 Å². The molecule has 1 atom stereocenters. The number of amides is 1. The van der Waals surface area contributed by atoms with Crippen molar-refractivity contribution in [2.24, 2.45) is 4.99 Å². The van der Waals surface area contributed by atoms with E-state index < -0.39 is 21.0 Å². The van der Waals surface area contributed by atoms with Crippen LogP contribution < -0.4 is 5.32 Å². The molecule has 1 amide bonds. The van der Waals surface area contributed by atoms with Gasteiger partial charge in [-0.3, -0.25) is 15.1 Å². The van der Waals surface area contributed by atoms with Gasteiger partial charge in [0.2, 0.25) is 0 Å². The van der Waals surface area contributed by atoms with Crippen molar-refractivity contribution >= 4 is 49.7 Å². The molecule has 0 saturated carbocycles. The van der Waals surface area contributed by atoms with Crippen molar-refractivity contribution < 1.29 is 18.3 Å². The number of aromatic nitrogens is 1. The quantitative estimate of drug-likeness (QED) is 0.782. The molecule has 3 rings (SSSR count). The molecule has 2 N–H and O–H groups in total. The van der Waals surface area contributed by atoms with E-state index in [0.717, 1.165) is 0 Å². The SMILES string of the molecule is CC1=NC(=S)NC(=O)[C@H]1S(=O)(=O)c1ccc(O)c2ncccc12. The summed E-state index contributed by atoms with van der Waals surface area (Å²) >= 11 is 4.79. The first-order chi connectivity index (χ1) is 10.8. The Labute approximate surface area is 137 Å². The van der Waals surface area contributed by atoms with E-state index >= 15 is 0 Å². The third kappa shape index (κ3) is 2.47. The van der Waals surface area contributed by atoms with Crippen LogP contribution in [-0.2, 0) is 14.6 Å². The second-order valence-corrected chi connectivity index (χ2v) is 7.34. The molecule has 23 heavy (non-hydrogen) atoms. The van der Waals surface area contributed by atoms with E-state index in [0.29, 0.717) is 0 Å². The van der Waals surface area contributed by atoms with Gasteiger partial charge in [0.05, 0.1) is 4.90 Å². The molecule has 118 valence electrons. The molecule has 0 radical (unpaired) electrons. The fraction of sp³-hybridized carbons (Fsp3) is 0.143. The number of nitrogens with one attached hydrogen (secondary N) is 1. The number of aliphatic imine (C=N–C) groups is 1. The summed E-state index contributed by atoms with van der Waals surface area (Å²) in [5.41, 5.74) is 0.249. The first-order valence-corrected chi connectivity index (χ1v) is 8.48. The van der Waals surface area contributed by atoms with Gasteiger partial charge in [-0.15, -0.1) is 0 Å². The Morgan fingerprint density at radius 2 is 2.04 bits per heavy atom. The third-order valence-corrected chi connectivity index (χ3v) is 5.79. The van der Waals surface area contributed by atoms with Crippen molar-refractivity contribution in [1.29, 1.82) is 0 Å². The Bertz CT molecular complexity index is 983. The maximum absolute atomic E-state index is 12.9. The summed E-state index contributed by atoms with van der Waals surface area (Å²) in [7, 11) is -4.08. The highest BCUT2D eigenvalue weighted by atomic mass is 32.2. The van der Waals surface area contributed by atoms with E-state index in [4.69, 9.17) is 12.2 Å². The molecule has 2 aromatic rings. The third-order valence-electron chi connectivity index (χ3n) is 3.45. The Morgan fingerprint density at radius 3 is 2.74 bits per heavy atom. The molecule has 1 aliphatic rings. The Kier molecular flexibility index (Phi) is 3.61. The summed E-state index contributed by atoms with van der Waals surface area (Å²) in [5.74, 6) is -0.883. The normalized spacial score (nSPS) is 18.7. The van der Waals surface area contributed by atoms with E-state index in [1.54, 1.807) is 6.07 Å². The molecule has 0 unspecified atom stereocenters. The predicted molar refractivity (Wildman–Crippen MR) is 88.2 cm³/mol. The van der Waals surface area contributed by atoms with Crippen molar-refractivity contribution in [3.8, 4) is 5.75 Å². The van der Waals surface area contributed by atoms with Crippen LogP contribution in [0.3, 0.4) is 0 Å². The Balaban J connectivity index is 2.26. The number of hydrogen-bond acceptors (Lipinski definition) is 6. The molecular weight excluding hydrogens is 338 g/mol. The van der Waals surface area contributed by atoms with Gasteiger partial charge in [-0.05, 0) is 43.4 Å². The summed E-state index contributed by atoms with van der Waals surface area (Å²) in [6, 6.07) is 5.56. The van der Waals surface area contributed by atoms with Gasteiger partial charge >= 0.3 is 0 Å². The Morgan fingerprint density at radius 1 is 1.30 bits per heavy atom. The van der Waals surface area contributed by atoms with Gasteiger partial charge in [0.15, 0.2) is 20.2 Å². The minimum absolute atomic E-state index is 0.0591. The minimum Gasteiger partial charge on any atom is -0.506 e. The topological polar surface area (TPSA) is 109 Å². The van der Waals surface area contributed by atoms with Crippen molar-refractivity contribution in [2.45, 2.75) is 17.1 Å². The Hall–Kier alpha value is -2.39. The number of nitrogens with zero attached hydrogens (tertiary/aromatic N) is 2. The number of phenols is 1. The van der Waals surface area contributed by atoms with Crippen molar-refractivity contribution in [3.05, 3.63) is 30.5 Å². The second-order valence-electron chi connectivity index (χ2n) is 4.96. The van der Waals surface area contributed by atoms with Crippen LogP contribution >= 0.6 is 12.2 Å². The van der Waals surface area contributed by atoms with Gasteiger partial charge in [-0.1, -0.05) is 0 Å². The average molecular weight is 349 g/mol. The highest BCUT2D eigenvalue weighted by Gasteiger charge is 2.40. The standard InChI is InChI=1S/C14H11N3O4S2/c1-7-12(13(19)17-14(22)16-7)23(20,21)10-5-4-9(18)11-8(10)3-2-6-15-11/h2-6,12,18H,1H3,(H,17,19,22)/t12-/m0/s1.